The molecule has 2 saturated heterocycles. The maximum Gasteiger partial charge on any atom is 0.337 e. The number of carbonyl (C=O) groups excluding carboxylic acids is 3. The highest BCUT2D eigenvalue weighted by molar-refractivity contribution is 5.98. The van der Waals surface area contributed by atoms with Crippen LogP contribution in [0.25, 0.3) is 0 Å². The van der Waals surface area contributed by atoms with Gasteiger partial charge in [0.25, 0.3) is 5.91 Å². The average Bonchev–Trinajstić information content (AvgIpc) is 2.77. The van der Waals surface area contributed by atoms with Crippen LogP contribution in [0.5, 0.6) is 0 Å². The van der Waals surface area contributed by atoms with Crippen molar-refractivity contribution in [3.63, 3.8) is 0 Å². The third kappa shape index (κ3) is 5.56. The Morgan fingerprint density at radius 2 is 1.76 bits per heavy atom. The Labute approximate surface area is 172 Å². The number of hydrogen-bond donors (Lipinski definition) is 0. The van der Waals surface area contributed by atoms with Crippen molar-refractivity contribution < 1.29 is 19.1 Å². The molecule has 1 unspecified atom stereocenters. The minimum absolute atomic E-state index is 0.0640. The lowest BCUT2D eigenvalue weighted by atomic mass is 9.92. The number of esters is 1. The maximum absolute atomic E-state index is 12.9. The topological polar surface area (TPSA) is 70.2 Å². The van der Waals surface area contributed by atoms with Crippen LogP contribution in [0, 0.1) is 5.92 Å². The lowest BCUT2D eigenvalue weighted by Gasteiger charge is -2.34. The zero-order valence-corrected chi connectivity index (χ0v) is 17.4. The van der Waals surface area contributed by atoms with Gasteiger partial charge in [-0.05, 0) is 50.4 Å². The van der Waals surface area contributed by atoms with E-state index in [4.69, 9.17) is 4.74 Å². The van der Waals surface area contributed by atoms with Crippen molar-refractivity contribution in [2.24, 2.45) is 5.92 Å². The number of hydrogen-bond acceptors (Lipinski definition) is 5. The van der Waals surface area contributed by atoms with Gasteiger partial charge >= 0.3 is 5.97 Å². The lowest BCUT2D eigenvalue weighted by Crippen LogP contribution is -2.47. The molecule has 0 aliphatic carbocycles. The Morgan fingerprint density at radius 1 is 1.03 bits per heavy atom. The zero-order chi connectivity index (χ0) is 20.8. The largest absolute Gasteiger partial charge is 0.465 e. The van der Waals surface area contributed by atoms with Crippen LogP contribution in [-0.2, 0) is 9.53 Å². The molecule has 1 atom stereocenters. The summed E-state index contributed by atoms with van der Waals surface area (Å²) < 4.78 is 4.74. The molecular weight excluding hydrogens is 370 g/mol. The van der Waals surface area contributed by atoms with Crippen molar-refractivity contribution in [3.05, 3.63) is 35.4 Å². The predicted octanol–water partition coefficient (Wildman–Crippen LogP) is 1.88. The first-order valence-corrected chi connectivity index (χ1v) is 10.4. The second-order valence-corrected chi connectivity index (χ2v) is 8.05. The molecule has 2 heterocycles. The van der Waals surface area contributed by atoms with E-state index in [-0.39, 0.29) is 11.8 Å². The van der Waals surface area contributed by atoms with Gasteiger partial charge in [-0.1, -0.05) is 6.07 Å². The van der Waals surface area contributed by atoms with E-state index < -0.39 is 5.97 Å². The molecule has 2 fully saturated rings. The van der Waals surface area contributed by atoms with Gasteiger partial charge in [-0.3, -0.25) is 9.59 Å². The van der Waals surface area contributed by atoms with E-state index in [1.807, 2.05) is 9.80 Å². The van der Waals surface area contributed by atoms with Crippen molar-refractivity contribution >= 4 is 17.8 Å². The quantitative estimate of drug-likeness (QED) is 0.705. The smallest absolute Gasteiger partial charge is 0.337 e. The van der Waals surface area contributed by atoms with E-state index >= 15 is 0 Å². The van der Waals surface area contributed by atoms with Crippen LogP contribution >= 0.6 is 0 Å². The molecule has 1 aromatic rings. The summed E-state index contributed by atoms with van der Waals surface area (Å²) >= 11 is 0. The van der Waals surface area contributed by atoms with Gasteiger partial charge in [0.05, 0.1) is 12.7 Å². The summed E-state index contributed by atoms with van der Waals surface area (Å²) in [6, 6.07) is 6.67. The Morgan fingerprint density at radius 3 is 2.48 bits per heavy atom. The number of carbonyl (C=O) groups is 3. The number of piperazine rings is 1. The van der Waals surface area contributed by atoms with E-state index in [0.29, 0.717) is 36.6 Å². The maximum atomic E-state index is 12.9. The summed E-state index contributed by atoms with van der Waals surface area (Å²) in [5, 5.41) is 0. The van der Waals surface area contributed by atoms with E-state index in [2.05, 4.69) is 11.9 Å². The van der Waals surface area contributed by atoms with Gasteiger partial charge in [-0.2, -0.15) is 0 Å². The average molecular weight is 402 g/mol. The zero-order valence-electron chi connectivity index (χ0n) is 17.4. The van der Waals surface area contributed by atoms with Crippen LogP contribution < -0.4 is 0 Å². The second-order valence-electron chi connectivity index (χ2n) is 8.05. The van der Waals surface area contributed by atoms with Crippen molar-refractivity contribution in [2.45, 2.75) is 25.7 Å². The predicted molar refractivity (Wildman–Crippen MR) is 110 cm³/mol. The van der Waals surface area contributed by atoms with E-state index in [1.165, 1.54) is 7.11 Å². The Kier molecular flexibility index (Phi) is 7.25. The molecule has 0 radical (unpaired) electrons. The third-order valence-corrected chi connectivity index (χ3v) is 5.96. The molecule has 0 N–H and O–H groups in total. The minimum atomic E-state index is -0.446. The van der Waals surface area contributed by atoms with Gasteiger partial charge in [0, 0.05) is 51.3 Å². The number of nitrogens with zero attached hydrogens (tertiary/aromatic N) is 3. The number of likely N-dealkylation sites (tertiary alicyclic amines) is 1. The van der Waals surface area contributed by atoms with E-state index in [0.717, 1.165) is 45.4 Å². The first kappa shape index (κ1) is 21.3. The highest BCUT2D eigenvalue weighted by Gasteiger charge is 2.26. The molecule has 0 bridgehead atoms. The highest BCUT2D eigenvalue weighted by Crippen LogP contribution is 2.23. The standard InChI is InChI=1S/C22H31N3O4/c1-23-11-13-24(14-12-23)20(26)9-8-17-5-4-10-25(16-17)21(27)18-6-3-7-19(15-18)22(28)29-2/h3,6-7,15,17H,4-5,8-14,16H2,1-2H3. The number of amides is 2. The van der Waals surface area contributed by atoms with Gasteiger partial charge in [-0.15, -0.1) is 0 Å². The summed E-state index contributed by atoms with van der Waals surface area (Å²) in [5.74, 6) is 0.0599. The van der Waals surface area contributed by atoms with Gasteiger partial charge in [-0.25, -0.2) is 4.79 Å². The summed E-state index contributed by atoms with van der Waals surface area (Å²) in [4.78, 5) is 43.2. The number of rotatable bonds is 5. The van der Waals surface area contributed by atoms with Crippen molar-refractivity contribution in [2.75, 3.05) is 53.4 Å². The number of piperidine rings is 1. The van der Waals surface area contributed by atoms with Crippen LogP contribution in [0.2, 0.25) is 0 Å². The number of ether oxygens (including phenoxy) is 1. The molecule has 158 valence electrons. The highest BCUT2D eigenvalue weighted by atomic mass is 16.5. The molecule has 2 aliphatic rings. The number of methoxy groups -OCH3 is 1. The molecule has 1 aromatic carbocycles. The molecule has 2 aliphatic heterocycles. The first-order chi connectivity index (χ1) is 14.0. The van der Waals surface area contributed by atoms with Gasteiger partial charge in [0.2, 0.25) is 5.91 Å². The number of benzene rings is 1. The molecule has 7 nitrogen and oxygen atoms in total. The summed E-state index contributed by atoms with van der Waals surface area (Å²) in [7, 11) is 3.41. The monoisotopic (exact) mass is 401 g/mol. The van der Waals surface area contributed by atoms with Crippen LogP contribution in [0.1, 0.15) is 46.4 Å². The van der Waals surface area contributed by atoms with Crippen molar-refractivity contribution in [1.29, 1.82) is 0 Å². The van der Waals surface area contributed by atoms with Crippen LogP contribution in [-0.4, -0.2) is 85.9 Å². The molecule has 29 heavy (non-hydrogen) atoms. The Balaban J connectivity index is 1.53. The minimum Gasteiger partial charge on any atom is -0.465 e. The van der Waals surface area contributed by atoms with Crippen LogP contribution in [0.3, 0.4) is 0 Å². The molecule has 0 spiro atoms. The molecule has 7 heteroatoms. The second kappa shape index (κ2) is 9.87. The van der Waals surface area contributed by atoms with Crippen molar-refractivity contribution in [3.8, 4) is 0 Å². The first-order valence-electron chi connectivity index (χ1n) is 10.4. The van der Waals surface area contributed by atoms with Gasteiger partial charge < -0.3 is 19.4 Å². The SMILES string of the molecule is COC(=O)c1cccc(C(=O)N2CCCC(CCC(=O)N3CCN(C)CC3)C2)c1. The third-order valence-electron chi connectivity index (χ3n) is 5.96. The van der Waals surface area contributed by atoms with Crippen molar-refractivity contribution in [1.82, 2.24) is 14.7 Å². The fourth-order valence-electron chi connectivity index (χ4n) is 4.11. The van der Waals surface area contributed by atoms with Gasteiger partial charge in [0.15, 0.2) is 0 Å². The summed E-state index contributed by atoms with van der Waals surface area (Å²) in [5.41, 5.74) is 0.881. The Bertz CT molecular complexity index is 743. The normalized spacial score (nSPS) is 20.4. The number of likely N-dealkylation sites (N-methyl/N-ethyl adjacent to an activating group) is 1. The summed E-state index contributed by atoms with van der Waals surface area (Å²) in [6.45, 7) is 4.86. The fraction of sp³-hybridized carbons (Fsp3) is 0.591. The lowest BCUT2D eigenvalue weighted by molar-refractivity contribution is -0.133. The van der Waals surface area contributed by atoms with E-state index in [9.17, 15) is 14.4 Å². The fourth-order valence-corrected chi connectivity index (χ4v) is 4.11. The molecule has 0 saturated carbocycles. The molecule has 3 rings (SSSR count). The van der Waals surface area contributed by atoms with Crippen LogP contribution in [0.15, 0.2) is 24.3 Å². The van der Waals surface area contributed by atoms with Crippen LogP contribution in [0.4, 0.5) is 0 Å². The molecule has 2 amide bonds. The Hall–Kier alpha value is -2.41. The summed E-state index contributed by atoms with van der Waals surface area (Å²) in [6.07, 6.45) is 3.35. The molecule has 0 aromatic heterocycles. The van der Waals surface area contributed by atoms with E-state index in [1.54, 1.807) is 24.3 Å². The molecular formula is C22H31N3O4. The van der Waals surface area contributed by atoms with Gasteiger partial charge in [0.1, 0.15) is 0 Å².